The van der Waals surface area contributed by atoms with Gasteiger partial charge in [-0.25, -0.2) is 0 Å². The number of carbonyl (C=O) groups is 1. The van der Waals surface area contributed by atoms with E-state index in [9.17, 15) is 4.79 Å². The van der Waals surface area contributed by atoms with E-state index in [0.717, 1.165) is 12.1 Å². The lowest BCUT2D eigenvalue weighted by molar-refractivity contribution is 0.0947. The van der Waals surface area contributed by atoms with Crippen LogP contribution in [0.3, 0.4) is 0 Å². The van der Waals surface area contributed by atoms with E-state index in [2.05, 4.69) is 41.4 Å². The molecule has 6 heteroatoms. The van der Waals surface area contributed by atoms with Crippen LogP contribution < -0.4 is 19.5 Å². The summed E-state index contributed by atoms with van der Waals surface area (Å²) in [7, 11) is 4.62. The minimum Gasteiger partial charge on any atom is -0.496 e. The molecule has 162 valence electrons. The molecule has 1 atom stereocenters. The third kappa shape index (κ3) is 5.25. The summed E-state index contributed by atoms with van der Waals surface area (Å²) in [5.41, 5.74) is 2.77. The van der Waals surface area contributed by atoms with Gasteiger partial charge in [0.2, 0.25) is 0 Å². The molecule has 1 N–H and O–H groups in total. The van der Waals surface area contributed by atoms with Crippen LogP contribution in [0, 0.1) is 0 Å². The van der Waals surface area contributed by atoms with Crippen LogP contribution in [0.25, 0.3) is 0 Å². The normalized spacial score (nSPS) is 16.7. The zero-order valence-corrected chi connectivity index (χ0v) is 18.4. The highest BCUT2D eigenvalue weighted by atomic mass is 16.5. The van der Waals surface area contributed by atoms with E-state index in [-0.39, 0.29) is 5.91 Å². The van der Waals surface area contributed by atoms with E-state index < -0.39 is 0 Å². The Hall–Kier alpha value is -2.73. The molecule has 1 amide bonds. The van der Waals surface area contributed by atoms with E-state index in [0.29, 0.717) is 35.4 Å². The van der Waals surface area contributed by atoms with Crippen LogP contribution in [0.2, 0.25) is 0 Å². The van der Waals surface area contributed by atoms with Gasteiger partial charge >= 0.3 is 0 Å². The molecule has 0 saturated carbocycles. The number of ether oxygens (including phenoxy) is 3. The van der Waals surface area contributed by atoms with E-state index in [1.54, 1.807) is 19.2 Å². The largest absolute Gasteiger partial charge is 0.496 e. The molecule has 6 nitrogen and oxygen atoms in total. The summed E-state index contributed by atoms with van der Waals surface area (Å²) in [6, 6.07) is 12.4. The van der Waals surface area contributed by atoms with Crippen LogP contribution in [0.4, 0.5) is 0 Å². The van der Waals surface area contributed by atoms with Crippen molar-refractivity contribution in [2.24, 2.45) is 0 Å². The standard InChI is InChI=1S/C24H32N2O4/c1-17-7-5-6-12-26(17)16-19-10-8-18(9-11-19)15-25-24(27)20-13-22(29-3)23(30-4)14-21(20)28-2/h8-11,13-14,17H,5-7,12,15-16H2,1-4H3,(H,25,27). The van der Waals surface area contributed by atoms with Gasteiger partial charge < -0.3 is 19.5 Å². The number of hydrogen-bond donors (Lipinski definition) is 1. The summed E-state index contributed by atoms with van der Waals surface area (Å²) in [4.78, 5) is 15.3. The van der Waals surface area contributed by atoms with Gasteiger partial charge in [0, 0.05) is 31.3 Å². The first-order chi connectivity index (χ1) is 14.5. The fourth-order valence-corrected chi connectivity index (χ4v) is 3.87. The van der Waals surface area contributed by atoms with Gasteiger partial charge in [0.15, 0.2) is 11.5 Å². The van der Waals surface area contributed by atoms with Gasteiger partial charge in [-0.3, -0.25) is 9.69 Å². The molecule has 2 aromatic carbocycles. The van der Waals surface area contributed by atoms with E-state index in [1.807, 2.05) is 0 Å². The van der Waals surface area contributed by atoms with Crippen LogP contribution in [0.5, 0.6) is 17.2 Å². The van der Waals surface area contributed by atoms with Crippen molar-refractivity contribution in [1.82, 2.24) is 10.2 Å². The third-order valence-electron chi connectivity index (χ3n) is 5.75. The zero-order valence-electron chi connectivity index (χ0n) is 18.4. The molecule has 1 aliphatic heterocycles. The molecule has 1 saturated heterocycles. The molecular weight excluding hydrogens is 380 g/mol. The second-order valence-electron chi connectivity index (χ2n) is 7.72. The average Bonchev–Trinajstić information content (AvgIpc) is 2.78. The van der Waals surface area contributed by atoms with Crippen LogP contribution in [0.1, 0.15) is 47.7 Å². The van der Waals surface area contributed by atoms with Crippen molar-refractivity contribution in [3.8, 4) is 17.2 Å². The summed E-state index contributed by atoms with van der Waals surface area (Å²) in [6.07, 6.45) is 3.90. The predicted octanol–water partition coefficient (Wildman–Crippen LogP) is 4.02. The van der Waals surface area contributed by atoms with Gasteiger partial charge in [-0.05, 0) is 37.4 Å². The van der Waals surface area contributed by atoms with E-state index in [4.69, 9.17) is 14.2 Å². The van der Waals surface area contributed by atoms with Crippen molar-refractivity contribution in [2.75, 3.05) is 27.9 Å². The third-order valence-corrected chi connectivity index (χ3v) is 5.75. The Labute approximate surface area is 179 Å². The number of nitrogens with one attached hydrogen (secondary N) is 1. The van der Waals surface area contributed by atoms with Crippen molar-refractivity contribution in [1.29, 1.82) is 0 Å². The lowest BCUT2D eigenvalue weighted by atomic mass is 10.0. The molecule has 3 rings (SSSR count). The van der Waals surface area contributed by atoms with Gasteiger partial charge in [-0.2, -0.15) is 0 Å². The maximum Gasteiger partial charge on any atom is 0.255 e. The Bertz CT molecular complexity index is 851. The summed E-state index contributed by atoms with van der Waals surface area (Å²) in [5, 5.41) is 2.96. The number of likely N-dealkylation sites (tertiary alicyclic amines) is 1. The first-order valence-electron chi connectivity index (χ1n) is 10.5. The lowest BCUT2D eigenvalue weighted by Gasteiger charge is -2.33. The van der Waals surface area contributed by atoms with Crippen molar-refractivity contribution in [3.05, 3.63) is 53.1 Å². The lowest BCUT2D eigenvalue weighted by Crippen LogP contribution is -2.36. The highest BCUT2D eigenvalue weighted by molar-refractivity contribution is 5.97. The van der Waals surface area contributed by atoms with Crippen molar-refractivity contribution >= 4 is 5.91 Å². The fourth-order valence-electron chi connectivity index (χ4n) is 3.87. The molecule has 0 bridgehead atoms. The van der Waals surface area contributed by atoms with Gasteiger partial charge in [-0.15, -0.1) is 0 Å². The molecule has 1 aliphatic rings. The molecular formula is C24H32N2O4. The smallest absolute Gasteiger partial charge is 0.255 e. The average molecular weight is 413 g/mol. The monoisotopic (exact) mass is 412 g/mol. The summed E-state index contributed by atoms with van der Waals surface area (Å²) >= 11 is 0. The minimum atomic E-state index is -0.223. The Morgan fingerprint density at radius 1 is 0.967 bits per heavy atom. The highest BCUT2D eigenvalue weighted by Gasteiger charge is 2.19. The minimum absolute atomic E-state index is 0.223. The maximum atomic E-state index is 12.7. The number of carbonyl (C=O) groups excluding carboxylic acids is 1. The number of hydrogen-bond acceptors (Lipinski definition) is 5. The zero-order chi connectivity index (χ0) is 21.5. The van der Waals surface area contributed by atoms with Crippen molar-refractivity contribution in [3.63, 3.8) is 0 Å². The molecule has 1 heterocycles. The maximum absolute atomic E-state index is 12.7. The SMILES string of the molecule is COc1cc(OC)c(C(=O)NCc2ccc(CN3CCCCC3C)cc2)cc1OC. The number of methoxy groups -OCH3 is 3. The van der Waals surface area contributed by atoms with Gasteiger partial charge in [0.05, 0.1) is 26.9 Å². The Morgan fingerprint density at radius 3 is 2.23 bits per heavy atom. The predicted molar refractivity (Wildman–Crippen MR) is 117 cm³/mol. The van der Waals surface area contributed by atoms with Crippen LogP contribution in [-0.2, 0) is 13.1 Å². The quantitative estimate of drug-likeness (QED) is 0.710. The van der Waals surface area contributed by atoms with Gasteiger partial charge in [-0.1, -0.05) is 30.7 Å². The van der Waals surface area contributed by atoms with Crippen LogP contribution in [-0.4, -0.2) is 44.7 Å². The van der Waals surface area contributed by atoms with E-state index in [1.165, 1.54) is 45.6 Å². The van der Waals surface area contributed by atoms with Gasteiger partial charge in [0.1, 0.15) is 5.75 Å². The second-order valence-corrected chi connectivity index (χ2v) is 7.72. The summed E-state index contributed by atoms with van der Waals surface area (Å²) < 4.78 is 15.9. The number of nitrogens with zero attached hydrogens (tertiary/aromatic N) is 1. The highest BCUT2D eigenvalue weighted by Crippen LogP contribution is 2.34. The first-order valence-corrected chi connectivity index (χ1v) is 10.5. The Morgan fingerprint density at radius 2 is 1.60 bits per heavy atom. The molecule has 0 aromatic heterocycles. The Kier molecular flexibility index (Phi) is 7.57. The summed E-state index contributed by atoms with van der Waals surface area (Å²) in [5.74, 6) is 1.22. The second kappa shape index (κ2) is 10.3. The molecule has 2 aromatic rings. The number of rotatable bonds is 8. The summed E-state index contributed by atoms with van der Waals surface area (Å²) in [6.45, 7) is 4.91. The van der Waals surface area contributed by atoms with E-state index >= 15 is 0 Å². The fraction of sp³-hybridized carbons (Fsp3) is 0.458. The van der Waals surface area contributed by atoms with Crippen molar-refractivity contribution < 1.29 is 19.0 Å². The van der Waals surface area contributed by atoms with Crippen LogP contribution in [0.15, 0.2) is 36.4 Å². The molecule has 30 heavy (non-hydrogen) atoms. The van der Waals surface area contributed by atoms with Crippen molar-refractivity contribution in [2.45, 2.75) is 45.3 Å². The Balaban J connectivity index is 1.62. The molecule has 0 spiro atoms. The first kappa shape index (κ1) is 22.0. The number of amides is 1. The number of piperidine rings is 1. The molecule has 0 radical (unpaired) electrons. The van der Waals surface area contributed by atoms with Crippen LogP contribution >= 0.6 is 0 Å². The molecule has 1 fully saturated rings. The molecule has 1 unspecified atom stereocenters. The van der Waals surface area contributed by atoms with Gasteiger partial charge in [0.25, 0.3) is 5.91 Å². The number of benzene rings is 2. The topological polar surface area (TPSA) is 60.0 Å². The molecule has 0 aliphatic carbocycles.